The summed E-state index contributed by atoms with van der Waals surface area (Å²) in [5.41, 5.74) is 1.06. The largest absolute Gasteiger partial charge is 0.472 e. The molecule has 4 heteroatoms. The first-order chi connectivity index (χ1) is 8.31. The lowest BCUT2D eigenvalue weighted by Gasteiger charge is -2.32. The van der Waals surface area contributed by atoms with E-state index in [-0.39, 0.29) is 11.9 Å². The maximum atomic E-state index is 12.2. The third kappa shape index (κ3) is 3.09. The molecule has 17 heavy (non-hydrogen) atoms. The smallest absolute Gasteiger partial charge is 0.240 e. The highest BCUT2D eigenvalue weighted by Gasteiger charge is 2.27. The number of rotatable bonds is 5. The summed E-state index contributed by atoms with van der Waals surface area (Å²) in [5, 5.41) is 3.32. The van der Waals surface area contributed by atoms with Gasteiger partial charge < -0.3 is 14.6 Å². The number of carbonyl (C=O) groups is 1. The standard InChI is InChI=1S/C13H20N2O2/c1-2-6-14-12-4-3-7-15(13(12)16)9-11-5-8-17-10-11/h5,8,10,12,14H,2-4,6-7,9H2,1H3. The molecule has 0 bridgehead atoms. The summed E-state index contributed by atoms with van der Waals surface area (Å²) >= 11 is 0. The van der Waals surface area contributed by atoms with Gasteiger partial charge in [0, 0.05) is 18.7 Å². The number of nitrogens with one attached hydrogen (secondary N) is 1. The number of piperidine rings is 1. The Hall–Kier alpha value is -1.29. The number of carbonyl (C=O) groups excluding carboxylic acids is 1. The van der Waals surface area contributed by atoms with Crippen LogP contribution in [0.25, 0.3) is 0 Å². The van der Waals surface area contributed by atoms with Gasteiger partial charge in [-0.3, -0.25) is 4.79 Å². The van der Waals surface area contributed by atoms with Crippen LogP contribution in [-0.4, -0.2) is 29.9 Å². The molecule has 2 heterocycles. The topological polar surface area (TPSA) is 45.5 Å². The van der Waals surface area contributed by atoms with E-state index in [2.05, 4.69) is 12.2 Å². The van der Waals surface area contributed by atoms with Crippen LogP contribution in [-0.2, 0) is 11.3 Å². The maximum absolute atomic E-state index is 12.2. The summed E-state index contributed by atoms with van der Waals surface area (Å²) in [6, 6.07) is 1.92. The number of amides is 1. The quantitative estimate of drug-likeness (QED) is 0.847. The van der Waals surface area contributed by atoms with E-state index < -0.39 is 0 Å². The Bertz CT molecular complexity index is 348. The summed E-state index contributed by atoms with van der Waals surface area (Å²) in [6.07, 6.45) is 6.45. The summed E-state index contributed by atoms with van der Waals surface area (Å²) in [5.74, 6) is 0.228. The van der Waals surface area contributed by atoms with E-state index in [1.54, 1.807) is 12.5 Å². The second kappa shape index (κ2) is 5.87. The average molecular weight is 236 g/mol. The van der Waals surface area contributed by atoms with E-state index in [4.69, 9.17) is 4.42 Å². The van der Waals surface area contributed by atoms with E-state index in [1.165, 1.54) is 0 Å². The first-order valence-corrected chi connectivity index (χ1v) is 6.34. The van der Waals surface area contributed by atoms with Gasteiger partial charge in [0.15, 0.2) is 0 Å². The molecule has 1 amide bonds. The van der Waals surface area contributed by atoms with Crippen LogP contribution in [0.2, 0.25) is 0 Å². The van der Waals surface area contributed by atoms with Crippen LogP contribution in [0.1, 0.15) is 31.7 Å². The van der Waals surface area contributed by atoms with Gasteiger partial charge in [0.25, 0.3) is 0 Å². The van der Waals surface area contributed by atoms with Crippen LogP contribution in [0.3, 0.4) is 0 Å². The van der Waals surface area contributed by atoms with E-state index in [1.807, 2.05) is 11.0 Å². The highest BCUT2D eigenvalue weighted by Crippen LogP contribution is 2.15. The normalized spacial score (nSPS) is 20.9. The SMILES string of the molecule is CCCNC1CCCN(Cc2ccoc2)C1=O. The summed E-state index contributed by atoms with van der Waals surface area (Å²) in [7, 11) is 0. The van der Waals surface area contributed by atoms with Crippen molar-refractivity contribution in [2.75, 3.05) is 13.1 Å². The van der Waals surface area contributed by atoms with Gasteiger partial charge in [0.05, 0.1) is 18.6 Å². The Morgan fingerprint density at radius 1 is 1.59 bits per heavy atom. The van der Waals surface area contributed by atoms with E-state index in [0.29, 0.717) is 6.54 Å². The summed E-state index contributed by atoms with van der Waals surface area (Å²) < 4.78 is 5.03. The average Bonchev–Trinajstić information content (AvgIpc) is 2.83. The lowest BCUT2D eigenvalue weighted by molar-refractivity contribution is -0.136. The molecule has 0 aromatic carbocycles. The molecule has 1 fully saturated rings. The predicted octanol–water partition coefficient (Wildman–Crippen LogP) is 1.77. The monoisotopic (exact) mass is 236 g/mol. The molecular formula is C13H20N2O2. The lowest BCUT2D eigenvalue weighted by atomic mass is 10.0. The van der Waals surface area contributed by atoms with E-state index in [0.717, 1.165) is 37.9 Å². The Kier molecular flexibility index (Phi) is 4.20. The van der Waals surface area contributed by atoms with Crippen LogP contribution in [0.4, 0.5) is 0 Å². The number of furan rings is 1. The van der Waals surface area contributed by atoms with Crippen LogP contribution in [0, 0.1) is 0 Å². The fraction of sp³-hybridized carbons (Fsp3) is 0.615. The highest BCUT2D eigenvalue weighted by molar-refractivity contribution is 5.82. The van der Waals surface area contributed by atoms with Crippen molar-refractivity contribution in [2.45, 2.75) is 38.8 Å². The molecular weight excluding hydrogens is 216 g/mol. The highest BCUT2D eigenvalue weighted by atomic mass is 16.3. The van der Waals surface area contributed by atoms with Gasteiger partial charge in [0.1, 0.15) is 0 Å². The van der Waals surface area contributed by atoms with Crippen molar-refractivity contribution in [3.8, 4) is 0 Å². The molecule has 1 aromatic rings. The molecule has 1 saturated heterocycles. The molecule has 1 atom stereocenters. The van der Waals surface area contributed by atoms with Crippen LogP contribution in [0.5, 0.6) is 0 Å². The Morgan fingerprint density at radius 2 is 2.47 bits per heavy atom. The van der Waals surface area contributed by atoms with Crippen molar-refractivity contribution in [2.24, 2.45) is 0 Å². The number of likely N-dealkylation sites (tertiary alicyclic amines) is 1. The third-order valence-electron chi connectivity index (χ3n) is 3.12. The van der Waals surface area contributed by atoms with Crippen LogP contribution < -0.4 is 5.32 Å². The lowest BCUT2D eigenvalue weighted by Crippen LogP contribution is -2.50. The number of nitrogens with zero attached hydrogens (tertiary/aromatic N) is 1. The molecule has 0 aliphatic carbocycles. The third-order valence-corrected chi connectivity index (χ3v) is 3.12. The molecule has 0 saturated carbocycles. The minimum atomic E-state index is 0.00982. The van der Waals surface area contributed by atoms with Crippen molar-refractivity contribution >= 4 is 5.91 Å². The van der Waals surface area contributed by atoms with E-state index in [9.17, 15) is 4.79 Å². The van der Waals surface area contributed by atoms with Gasteiger partial charge in [0.2, 0.25) is 5.91 Å². The minimum absolute atomic E-state index is 0.00982. The van der Waals surface area contributed by atoms with Crippen molar-refractivity contribution in [3.63, 3.8) is 0 Å². The molecule has 1 aliphatic rings. The van der Waals surface area contributed by atoms with Crippen molar-refractivity contribution in [1.82, 2.24) is 10.2 Å². The van der Waals surface area contributed by atoms with Crippen molar-refractivity contribution in [1.29, 1.82) is 0 Å². The molecule has 1 aromatic heterocycles. The number of hydrogen-bond donors (Lipinski definition) is 1. The molecule has 1 aliphatic heterocycles. The first kappa shape index (κ1) is 12.2. The fourth-order valence-electron chi connectivity index (χ4n) is 2.21. The zero-order chi connectivity index (χ0) is 12.1. The molecule has 2 rings (SSSR count). The van der Waals surface area contributed by atoms with Crippen LogP contribution in [0.15, 0.2) is 23.0 Å². The Morgan fingerprint density at radius 3 is 3.18 bits per heavy atom. The molecule has 1 N–H and O–H groups in total. The predicted molar refractivity (Wildman–Crippen MR) is 65.4 cm³/mol. The molecule has 4 nitrogen and oxygen atoms in total. The minimum Gasteiger partial charge on any atom is -0.472 e. The molecule has 0 spiro atoms. The van der Waals surface area contributed by atoms with Gasteiger partial charge in [-0.25, -0.2) is 0 Å². The second-order valence-corrected chi connectivity index (χ2v) is 4.54. The van der Waals surface area contributed by atoms with Gasteiger partial charge in [-0.05, 0) is 31.9 Å². The van der Waals surface area contributed by atoms with Gasteiger partial charge >= 0.3 is 0 Å². The van der Waals surface area contributed by atoms with E-state index >= 15 is 0 Å². The van der Waals surface area contributed by atoms with Gasteiger partial charge in [-0.2, -0.15) is 0 Å². The summed E-state index contributed by atoms with van der Waals surface area (Å²) in [6.45, 7) is 4.55. The Labute approximate surface area is 102 Å². The zero-order valence-corrected chi connectivity index (χ0v) is 10.3. The molecule has 0 radical (unpaired) electrons. The fourth-order valence-corrected chi connectivity index (χ4v) is 2.21. The maximum Gasteiger partial charge on any atom is 0.240 e. The van der Waals surface area contributed by atoms with Gasteiger partial charge in [-0.15, -0.1) is 0 Å². The van der Waals surface area contributed by atoms with Gasteiger partial charge in [-0.1, -0.05) is 6.92 Å². The number of hydrogen-bond acceptors (Lipinski definition) is 3. The van der Waals surface area contributed by atoms with Crippen molar-refractivity contribution in [3.05, 3.63) is 24.2 Å². The first-order valence-electron chi connectivity index (χ1n) is 6.34. The van der Waals surface area contributed by atoms with Crippen molar-refractivity contribution < 1.29 is 9.21 Å². The molecule has 1 unspecified atom stereocenters. The Balaban J connectivity index is 1.91. The molecule has 94 valence electrons. The second-order valence-electron chi connectivity index (χ2n) is 4.54. The summed E-state index contributed by atoms with van der Waals surface area (Å²) in [4.78, 5) is 14.1. The zero-order valence-electron chi connectivity index (χ0n) is 10.3. The van der Waals surface area contributed by atoms with Crippen LogP contribution >= 0.6 is 0 Å².